The molecule has 0 unspecified atom stereocenters. The lowest BCUT2D eigenvalue weighted by atomic mass is 10.2. The number of rotatable bonds is 3. The summed E-state index contributed by atoms with van der Waals surface area (Å²) < 4.78 is 0. The van der Waals surface area contributed by atoms with Crippen LogP contribution in [0, 0.1) is 0 Å². The van der Waals surface area contributed by atoms with E-state index in [2.05, 4.69) is 15.4 Å². The van der Waals surface area contributed by atoms with Crippen LogP contribution in [0.2, 0.25) is 0 Å². The summed E-state index contributed by atoms with van der Waals surface area (Å²) in [6.07, 6.45) is 1.42. The highest BCUT2D eigenvalue weighted by Crippen LogP contribution is 2.14. The maximum absolute atomic E-state index is 12.0. The average molecular weight is 216 g/mol. The molecule has 1 aromatic heterocycles. The number of benzene rings is 1. The van der Waals surface area contributed by atoms with Gasteiger partial charge in [-0.2, -0.15) is 15.4 Å². The summed E-state index contributed by atoms with van der Waals surface area (Å²) in [6, 6.07) is 9.49. The molecule has 0 bridgehead atoms. The molecular weight excluding hydrogens is 204 g/mol. The zero-order valence-corrected chi connectivity index (χ0v) is 8.92. The molecule has 1 N–H and O–H groups in total. The van der Waals surface area contributed by atoms with E-state index in [1.807, 2.05) is 37.3 Å². The SMILES string of the molecule is CCN(C(=O)c1cn[nH]n1)c1ccccc1. The largest absolute Gasteiger partial charge is 0.307 e. The zero-order chi connectivity index (χ0) is 11.4. The van der Waals surface area contributed by atoms with Crippen LogP contribution in [0.15, 0.2) is 36.5 Å². The number of carbonyl (C=O) groups excluding carboxylic acids is 1. The summed E-state index contributed by atoms with van der Waals surface area (Å²) in [5.74, 6) is -0.151. The van der Waals surface area contributed by atoms with Crippen LogP contribution < -0.4 is 4.90 Å². The van der Waals surface area contributed by atoms with E-state index < -0.39 is 0 Å². The smallest absolute Gasteiger partial charge is 0.280 e. The summed E-state index contributed by atoms with van der Waals surface area (Å²) >= 11 is 0. The number of H-pyrrole nitrogens is 1. The van der Waals surface area contributed by atoms with Gasteiger partial charge in [-0.3, -0.25) is 4.79 Å². The minimum atomic E-state index is -0.151. The molecular formula is C11H12N4O. The predicted molar refractivity (Wildman–Crippen MR) is 60.2 cm³/mol. The molecule has 0 atom stereocenters. The van der Waals surface area contributed by atoms with Crippen molar-refractivity contribution in [2.75, 3.05) is 11.4 Å². The molecule has 1 aromatic carbocycles. The molecule has 0 aliphatic heterocycles. The number of nitrogens with one attached hydrogen (secondary N) is 1. The van der Waals surface area contributed by atoms with E-state index in [0.717, 1.165) is 5.69 Å². The van der Waals surface area contributed by atoms with E-state index in [9.17, 15) is 4.79 Å². The Bertz CT molecular complexity index is 452. The monoisotopic (exact) mass is 216 g/mol. The lowest BCUT2D eigenvalue weighted by Crippen LogP contribution is -2.30. The molecule has 0 aliphatic carbocycles. The Morgan fingerprint density at radius 1 is 1.38 bits per heavy atom. The van der Waals surface area contributed by atoms with Crippen molar-refractivity contribution in [1.29, 1.82) is 0 Å². The van der Waals surface area contributed by atoms with Crippen molar-refractivity contribution in [3.8, 4) is 0 Å². The molecule has 82 valence electrons. The number of aromatic amines is 1. The minimum absolute atomic E-state index is 0.151. The summed E-state index contributed by atoms with van der Waals surface area (Å²) in [7, 11) is 0. The highest BCUT2D eigenvalue weighted by Gasteiger charge is 2.17. The second-order valence-corrected chi connectivity index (χ2v) is 3.24. The fourth-order valence-electron chi connectivity index (χ4n) is 1.49. The number of anilines is 1. The van der Waals surface area contributed by atoms with Gasteiger partial charge in [-0.25, -0.2) is 0 Å². The van der Waals surface area contributed by atoms with Gasteiger partial charge in [0.05, 0.1) is 6.20 Å². The molecule has 0 saturated heterocycles. The number of amides is 1. The van der Waals surface area contributed by atoms with Gasteiger partial charge in [-0.15, -0.1) is 0 Å². The van der Waals surface area contributed by atoms with Crippen molar-refractivity contribution in [1.82, 2.24) is 15.4 Å². The Hall–Kier alpha value is -2.17. The fourth-order valence-corrected chi connectivity index (χ4v) is 1.49. The Labute approximate surface area is 93.1 Å². The van der Waals surface area contributed by atoms with Crippen LogP contribution in [0.1, 0.15) is 17.4 Å². The minimum Gasteiger partial charge on any atom is -0.307 e. The van der Waals surface area contributed by atoms with Crippen molar-refractivity contribution in [3.63, 3.8) is 0 Å². The van der Waals surface area contributed by atoms with Crippen LogP contribution in [0.4, 0.5) is 5.69 Å². The first-order valence-corrected chi connectivity index (χ1v) is 5.05. The van der Waals surface area contributed by atoms with Gasteiger partial charge in [-0.1, -0.05) is 18.2 Å². The van der Waals surface area contributed by atoms with Crippen LogP contribution in [0.3, 0.4) is 0 Å². The van der Waals surface area contributed by atoms with E-state index in [1.54, 1.807) is 4.90 Å². The topological polar surface area (TPSA) is 61.9 Å². The van der Waals surface area contributed by atoms with Crippen molar-refractivity contribution < 1.29 is 4.79 Å². The van der Waals surface area contributed by atoms with E-state index in [0.29, 0.717) is 12.2 Å². The van der Waals surface area contributed by atoms with E-state index >= 15 is 0 Å². The summed E-state index contributed by atoms with van der Waals surface area (Å²) in [4.78, 5) is 13.7. The quantitative estimate of drug-likeness (QED) is 0.845. The number of hydrogen-bond acceptors (Lipinski definition) is 3. The molecule has 0 saturated carbocycles. The number of aromatic nitrogens is 3. The predicted octanol–water partition coefficient (Wildman–Crippen LogP) is 1.47. The summed E-state index contributed by atoms with van der Waals surface area (Å²) in [6.45, 7) is 2.51. The zero-order valence-electron chi connectivity index (χ0n) is 8.92. The average Bonchev–Trinajstić information content (AvgIpc) is 2.85. The summed E-state index contributed by atoms with van der Waals surface area (Å²) in [5.41, 5.74) is 1.18. The lowest BCUT2D eigenvalue weighted by molar-refractivity contribution is 0.0983. The third-order valence-electron chi connectivity index (χ3n) is 2.26. The van der Waals surface area contributed by atoms with Gasteiger partial charge in [0.25, 0.3) is 5.91 Å². The van der Waals surface area contributed by atoms with Crippen LogP contribution in [-0.2, 0) is 0 Å². The van der Waals surface area contributed by atoms with E-state index in [-0.39, 0.29) is 5.91 Å². The van der Waals surface area contributed by atoms with E-state index in [1.165, 1.54) is 6.20 Å². The standard InChI is InChI=1S/C11H12N4O/c1-2-15(9-6-4-3-5-7-9)11(16)10-8-12-14-13-10/h3-8H,2H2,1H3,(H,12,13,14). The molecule has 16 heavy (non-hydrogen) atoms. The highest BCUT2D eigenvalue weighted by molar-refractivity contribution is 6.04. The number of nitrogens with zero attached hydrogens (tertiary/aromatic N) is 3. The molecule has 1 amide bonds. The molecule has 2 rings (SSSR count). The first-order chi connectivity index (χ1) is 7.83. The third kappa shape index (κ3) is 1.93. The molecule has 0 aliphatic rings. The van der Waals surface area contributed by atoms with Crippen molar-refractivity contribution in [2.45, 2.75) is 6.92 Å². The molecule has 0 spiro atoms. The first kappa shape index (κ1) is 10.4. The molecule has 1 heterocycles. The fraction of sp³-hybridized carbons (Fsp3) is 0.182. The lowest BCUT2D eigenvalue weighted by Gasteiger charge is -2.19. The Kier molecular flexibility index (Phi) is 2.95. The van der Waals surface area contributed by atoms with Gasteiger partial charge in [0, 0.05) is 12.2 Å². The van der Waals surface area contributed by atoms with Gasteiger partial charge in [-0.05, 0) is 19.1 Å². The molecule has 5 heteroatoms. The highest BCUT2D eigenvalue weighted by atomic mass is 16.2. The maximum atomic E-state index is 12.0. The summed E-state index contributed by atoms with van der Waals surface area (Å²) in [5, 5.41) is 9.85. The Balaban J connectivity index is 2.27. The molecule has 2 aromatic rings. The van der Waals surface area contributed by atoms with Crippen LogP contribution in [-0.4, -0.2) is 27.9 Å². The van der Waals surface area contributed by atoms with Crippen LogP contribution in [0.25, 0.3) is 0 Å². The van der Waals surface area contributed by atoms with Crippen molar-refractivity contribution >= 4 is 11.6 Å². The third-order valence-corrected chi connectivity index (χ3v) is 2.26. The Morgan fingerprint density at radius 3 is 2.69 bits per heavy atom. The Morgan fingerprint density at radius 2 is 2.12 bits per heavy atom. The van der Waals surface area contributed by atoms with E-state index in [4.69, 9.17) is 0 Å². The van der Waals surface area contributed by atoms with Crippen LogP contribution >= 0.6 is 0 Å². The number of hydrogen-bond donors (Lipinski definition) is 1. The van der Waals surface area contributed by atoms with Gasteiger partial charge < -0.3 is 4.90 Å². The van der Waals surface area contributed by atoms with Crippen molar-refractivity contribution in [2.24, 2.45) is 0 Å². The normalized spacial score (nSPS) is 10.1. The number of para-hydroxylation sites is 1. The van der Waals surface area contributed by atoms with Gasteiger partial charge >= 0.3 is 0 Å². The van der Waals surface area contributed by atoms with Gasteiger partial charge in [0.1, 0.15) is 0 Å². The maximum Gasteiger partial charge on any atom is 0.280 e. The molecule has 5 nitrogen and oxygen atoms in total. The molecule has 0 radical (unpaired) electrons. The van der Waals surface area contributed by atoms with Gasteiger partial charge in [0.15, 0.2) is 5.69 Å². The van der Waals surface area contributed by atoms with Crippen molar-refractivity contribution in [3.05, 3.63) is 42.2 Å². The second kappa shape index (κ2) is 4.57. The van der Waals surface area contributed by atoms with Gasteiger partial charge in [0.2, 0.25) is 0 Å². The number of carbonyl (C=O) groups is 1. The molecule has 0 fully saturated rings. The second-order valence-electron chi connectivity index (χ2n) is 3.24. The van der Waals surface area contributed by atoms with Crippen LogP contribution in [0.5, 0.6) is 0 Å². The first-order valence-electron chi connectivity index (χ1n) is 5.05.